The molecule has 4 heteroatoms. The van der Waals surface area contributed by atoms with E-state index in [0.29, 0.717) is 6.42 Å². The highest BCUT2D eigenvalue weighted by Gasteiger charge is 2.13. The Labute approximate surface area is 46.3 Å². The third kappa shape index (κ3) is 0.776. The number of hydrogen-bond donors (Lipinski definition) is 1. The molecule has 1 aliphatic rings. The summed E-state index contributed by atoms with van der Waals surface area (Å²) in [4.78, 5) is 9.49. The first kappa shape index (κ1) is 5.08. The predicted octanol–water partition coefficient (Wildman–Crippen LogP) is 0.260. The smallest absolute Gasteiger partial charge is 0.263 e. The lowest BCUT2D eigenvalue weighted by atomic mass is 10.4. The van der Waals surface area contributed by atoms with Gasteiger partial charge in [0.1, 0.15) is 0 Å². The highest BCUT2D eigenvalue weighted by Crippen LogP contribution is 2.07. The van der Waals surface area contributed by atoms with E-state index in [1.807, 2.05) is 0 Å². The van der Waals surface area contributed by atoms with Crippen molar-refractivity contribution in [3.8, 4) is 0 Å². The fraction of sp³-hybridized carbons (Fsp3) is 0.250. The molecular weight excluding hydrogens is 108 g/mol. The molecule has 0 saturated carbocycles. The molecule has 1 rings (SSSR count). The van der Waals surface area contributed by atoms with Crippen LogP contribution in [0, 0.1) is 16.7 Å². The number of hydrogen-bond acceptors (Lipinski definition) is 3. The highest BCUT2D eigenvalue weighted by molar-refractivity contribution is 5.02. The highest BCUT2D eigenvalue weighted by atomic mass is 16.6. The fourth-order valence-electron chi connectivity index (χ4n) is 0.505. The second-order valence-corrected chi connectivity index (χ2v) is 1.47. The Morgan fingerprint density at radius 2 is 2.62 bits per heavy atom. The summed E-state index contributed by atoms with van der Waals surface area (Å²) in [6, 6.07) is 0. The van der Waals surface area contributed by atoms with E-state index < -0.39 is 4.92 Å². The molecule has 0 aromatic rings. The molecule has 0 atom stereocenters. The maximum Gasteiger partial charge on any atom is 0.263 e. The van der Waals surface area contributed by atoms with Crippen LogP contribution in [0.3, 0.4) is 0 Å². The standard InChI is InChI=1S/C4H5N2O2/c7-6(8)4-1-2-5-3-4/h2-3,5H,1H2. The molecule has 1 radical (unpaired) electrons. The van der Waals surface area contributed by atoms with Crippen molar-refractivity contribution in [3.63, 3.8) is 0 Å². The van der Waals surface area contributed by atoms with Crippen molar-refractivity contribution < 1.29 is 4.92 Å². The summed E-state index contributed by atoms with van der Waals surface area (Å²) in [6.07, 6.45) is 1.81. The first-order valence-corrected chi connectivity index (χ1v) is 2.22. The number of nitro groups is 1. The minimum Gasteiger partial charge on any atom is -0.380 e. The zero-order chi connectivity index (χ0) is 5.98. The van der Waals surface area contributed by atoms with Crippen LogP contribution < -0.4 is 5.32 Å². The minimum absolute atomic E-state index is 0.227. The van der Waals surface area contributed by atoms with Crippen LogP contribution in [0.2, 0.25) is 0 Å². The molecule has 0 bridgehead atoms. The Morgan fingerprint density at radius 3 is 2.88 bits per heavy atom. The lowest BCUT2D eigenvalue weighted by Crippen LogP contribution is -1.93. The van der Waals surface area contributed by atoms with Crippen LogP contribution in [0.5, 0.6) is 0 Å². The fourth-order valence-corrected chi connectivity index (χ4v) is 0.505. The van der Waals surface area contributed by atoms with Gasteiger partial charge in [-0.1, -0.05) is 0 Å². The largest absolute Gasteiger partial charge is 0.380 e. The second kappa shape index (κ2) is 1.81. The van der Waals surface area contributed by atoms with Gasteiger partial charge in [-0.25, -0.2) is 0 Å². The maximum absolute atomic E-state index is 9.88. The van der Waals surface area contributed by atoms with E-state index >= 15 is 0 Å². The summed E-state index contributed by atoms with van der Waals surface area (Å²) in [5.74, 6) is 0. The Bertz CT molecular complexity index is 141. The van der Waals surface area contributed by atoms with Crippen LogP contribution in [0.4, 0.5) is 0 Å². The topological polar surface area (TPSA) is 55.2 Å². The first-order valence-electron chi connectivity index (χ1n) is 2.22. The average molecular weight is 113 g/mol. The molecule has 8 heavy (non-hydrogen) atoms. The van der Waals surface area contributed by atoms with Gasteiger partial charge in [-0.05, 0) is 0 Å². The van der Waals surface area contributed by atoms with Crippen molar-refractivity contribution in [3.05, 3.63) is 28.6 Å². The Balaban J connectivity index is 2.57. The van der Waals surface area contributed by atoms with Crippen molar-refractivity contribution >= 4 is 0 Å². The molecule has 0 amide bonds. The summed E-state index contributed by atoms with van der Waals surface area (Å²) in [6.45, 7) is 1.64. The van der Waals surface area contributed by atoms with Crippen LogP contribution in [0.1, 0.15) is 6.42 Å². The Hall–Kier alpha value is -1.06. The number of nitrogens with zero attached hydrogens (tertiary/aromatic N) is 1. The van der Waals surface area contributed by atoms with Crippen molar-refractivity contribution in [2.24, 2.45) is 0 Å². The lowest BCUT2D eigenvalue weighted by Gasteiger charge is -1.82. The van der Waals surface area contributed by atoms with Crippen LogP contribution in [0.25, 0.3) is 0 Å². The average Bonchev–Trinajstić information content (AvgIpc) is 2.12. The maximum atomic E-state index is 9.88. The zero-order valence-electron chi connectivity index (χ0n) is 4.13. The molecule has 1 N–H and O–H groups in total. The molecule has 0 saturated heterocycles. The van der Waals surface area contributed by atoms with Gasteiger partial charge in [-0.2, -0.15) is 0 Å². The van der Waals surface area contributed by atoms with Gasteiger partial charge >= 0.3 is 0 Å². The van der Waals surface area contributed by atoms with Crippen molar-refractivity contribution in [2.75, 3.05) is 0 Å². The summed E-state index contributed by atoms with van der Waals surface area (Å²) < 4.78 is 0. The molecule has 0 aromatic carbocycles. The van der Waals surface area contributed by atoms with Gasteiger partial charge in [0.2, 0.25) is 0 Å². The third-order valence-electron chi connectivity index (χ3n) is 0.914. The van der Waals surface area contributed by atoms with Gasteiger partial charge in [0.05, 0.1) is 24.1 Å². The molecule has 0 unspecified atom stereocenters. The van der Waals surface area contributed by atoms with Gasteiger partial charge in [0.15, 0.2) is 0 Å². The molecule has 4 nitrogen and oxygen atoms in total. The van der Waals surface area contributed by atoms with Crippen molar-refractivity contribution in [1.82, 2.24) is 5.32 Å². The molecule has 1 heterocycles. The second-order valence-electron chi connectivity index (χ2n) is 1.47. The lowest BCUT2D eigenvalue weighted by molar-refractivity contribution is -0.426. The summed E-state index contributed by atoms with van der Waals surface area (Å²) in [5, 5.41) is 12.5. The molecule has 1 aliphatic heterocycles. The Morgan fingerprint density at radius 1 is 1.88 bits per heavy atom. The van der Waals surface area contributed by atoms with Gasteiger partial charge in [0, 0.05) is 0 Å². The van der Waals surface area contributed by atoms with E-state index in [2.05, 4.69) is 5.32 Å². The molecule has 0 aliphatic carbocycles. The van der Waals surface area contributed by atoms with Crippen LogP contribution in [-0.2, 0) is 0 Å². The van der Waals surface area contributed by atoms with E-state index in [1.54, 1.807) is 6.54 Å². The molecular formula is C4H5N2O2. The summed E-state index contributed by atoms with van der Waals surface area (Å²) in [7, 11) is 0. The van der Waals surface area contributed by atoms with Crippen LogP contribution in [0.15, 0.2) is 11.9 Å². The van der Waals surface area contributed by atoms with Gasteiger partial charge in [-0.15, -0.1) is 0 Å². The van der Waals surface area contributed by atoms with E-state index in [-0.39, 0.29) is 5.70 Å². The normalized spacial score (nSPS) is 17.2. The molecule has 0 aromatic heterocycles. The van der Waals surface area contributed by atoms with E-state index in [9.17, 15) is 10.1 Å². The van der Waals surface area contributed by atoms with E-state index in [1.165, 1.54) is 6.20 Å². The molecule has 0 spiro atoms. The number of nitrogens with one attached hydrogen (secondary N) is 1. The summed E-state index contributed by atoms with van der Waals surface area (Å²) >= 11 is 0. The Kier molecular flexibility index (Phi) is 1.15. The minimum atomic E-state index is -0.392. The zero-order valence-corrected chi connectivity index (χ0v) is 4.13. The van der Waals surface area contributed by atoms with Crippen molar-refractivity contribution in [1.29, 1.82) is 0 Å². The van der Waals surface area contributed by atoms with Gasteiger partial charge < -0.3 is 5.32 Å². The SMILES string of the molecule is O=[N+]([O-])C1=CN[CH]C1. The summed E-state index contributed by atoms with van der Waals surface area (Å²) in [5.41, 5.74) is 0.227. The predicted molar refractivity (Wildman–Crippen MR) is 27.1 cm³/mol. The van der Waals surface area contributed by atoms with Crippen LogP contribution in [-0.4, -0.2) is 4.92 Å². The molecule has 43 valence electrons. The molecule has 0 fully saturated rings. The van der Waals surface area contributed by atoms with Crippen LogP contribution >= 0.6 is 0 Å². The quantitative estimate of drug-likeness (QED) is 0.392. The number of rotatable bonds is 1. The monoisotopic (exact) mass is 113 g/mol. The van der Waals surface area contributed by atoms with E-state index in [0.717, 1.165) is 0 Å². The van der Waals surface area contributed by atoms with Crippen molar-refractivity contribution in [2.45, 2.75) is 6.42 Å². The van der Waals surface area contributed by atoms with E-state index in [4.69, 9.17) is 0 Å². The third-order valence-corrected chi connectivity index (χ3v) is 0.914. The first-order chi connectivity index (χ1) is 3.80. The van der Waals surface area contributed by atoms with Gasteiger partial charge in [-0.3, -0.25) is 10.1 Å². The van der Waals surface area contributed by atoms with Gasteiger partial charge in [0.25, 0.3) is 5.70 Å².